The molecule has 0 bridgehead atoms. The monoisotopic (exact) mass is 600 g/mol. The second-order valence-electron chi connectivity index (χ2n) is 8.98. The van der Waals surface area contributed by atoms with E-state index in [0.717, 1.165) is 0 Å². The van der Waals surface area contributed by atoms with Crippen molar-refractivity contribution in [3.63, 3.8) is 0 Å². The summed E-state index contributed by atoms with van der Waals surface area (Å²) in [6, 6.07) is 5.61. The predicted molar refractivity (Wildman–Crippen MR) is 127 cm³/mol. The number of hydrogen-bond donors (Lipinski definition) is 3. The molecule has 2 aromatic rings. The van der Waals surface area contributed by atoms with E-state index < -0.39 is 80.1 Å². The summed E-state index contributed by atoms with van der Waals surface area (Å²) in [6.45, 7) is 2.51. The first-order valence-corrected chi connectivity index (χ1v) is 13.1. The van der Waals surface area contributed by atoms with Crippen LogP contribution in [-0.2, 0) is 23.4 Å². The number of nitrogen functional groups attached to an aromatic ring is 1. The Morgan fingerprint density at radius 3 is 2.48 bits per heavy atom. The summed E-state index contributed by atoms with van der Waals surface area (Å²) in [7, 11) is -4.89. The molecule has 1 fully saturated rings. The van der Waals surface area contributed by atoms with Crippen molar-refractivity contribution in [3.05, 3.63) is 52.8 Å². The standard InChI is InChI=1S/C22H26F5N4O8P/c1-11(2)37-16(32)12(3)30-40(35,39-13-7-5-4-6-8-13)36-10-21(18(24)25)17(33)22(26,27)19(38-21)31-9-14(23)15(28)29-20(31)34/h4-9,11-12,17-19,33H,10H2,1-3H3,(H,30,35)(H2,28,29,34)/t12-,17+,19+,21+,40?/m0/s1. The molecule has 0 saturated carbocycles. The molecule has 12 nitrogen and oxygen atoms in total. The fourth-order valence-corrected chi connectivity index (χ4v) is 5.08. The second kappa shape index (κ2) is 11.8. The van der Waals surface area contributed by atoms with Crippen LogP contribution in [0.2, 0.25) is 0 Å². The lowest BCUT2D eigenvalue weighted by Gasteiger charge is -2.32. The number of para-hydroxylation sites is 1. The lowest BCUT2D eigenvalue weighted by Crippen LogP contribution is -2.54. The summed E-state index contributed by atoms with van der Waals surface area (Å²) in [5, 5.41) is 12.5. The van der Waals surface area contributed by atoms with Gasteiger partial charge in [-0.15, -0.1) is 0 Å². The van der Waals surface area contributed by atoms with E-state index in [0.29, 0.717) is 0 Å². The minimum atomic E-state index is -4.89. The van der Waals surface area contributed by atoms with Crippen LogP contribution in [0.15, 0.2) is 41.3 Å². The zero-order chi connectivity index (χ0) is 30.0. The first kappa shape index (κ1) is 31.4. The number of anilines is 1. The molecule has 5 atom stereocenters. The third-order valence-electron chi connectivity index (χ3n) is 5.53. The van der Waals surface area contributed by atoms with E-state index >= 15 is 8.78 Å². The molecule has 1 unspecified atom stereocenters. The molecule has 0 radical (unpaired) electrons. The topological polar surface area (TPSA) is 164 Å². The number of esters is 1. The maximum Gasteiger partial charge on any atom is 0.459 e. The molecule has 40 heavy (non-hydrogen) atoms. The summed E-state index contributed by atoms with van der Waals surface area (Å²) >= 11 is 0. The summed E-state index contributed by atoms with van der Waals surface area (Å²) in [6.07, 6.45) is -10.8. The largest absolute Gasteiger partial charge is 0.462 e. The van der Waals surface area contributed by atoms with Gasteiger partial charge >= 0.3 is 25.3 Å². The molecule has 222 valence electrons. The number of carbonyl (C=O) groups excluding carboxylic acids is 1. The van der Waals surface area contributed by atoms with Gasteiger partial charge in [0, 0.05) is 0 Å². The second-order valence-corrected chi connectivity index (χ2v) is 10.7. The molecular weight excluding hydrogens is 574 g/mol. The van der Waals surface area contributed by atoms with E-state index in [-0.39, 0.29) is 16.5 Å². The van der Waals surface area contributed by atoms with Crippen molar-refractivity contribution in [2.45, 2.75) is 63.2 Å². The van der Waals surface area contributed by atoms with Crippen LogP contribution in [0.3, 0.4) is 0 Å². The Hall–Kier alpha value is -3.11. The van der Waals surface area contributed by atoms with Gasteiger partial charge in [0.15, 0.2) is 23.3 Å². The highest BCUT2D eigenvalue weighted by atomic mass is 31.2. The fourth-order valence-electron chi connectivity index (χ4n) is 3.55. The lowest BCUT2D eigenvalue weighted by atomic mass is 9.96. The molecule has 0 aliphatic carbocycles. The molecule has 1 aromatic carbocycles. The third kappa shape index (κ3) is 6.44. The van der Waals surface area contributed by atoms with E-state index in [1.54, 1.807) is 6.07 Å². The number of alkyl halides is 4. The Labute approximate surface area is 223 Å². The molecule has 0 spiro atoms. The summed E-state index contributed by atoms with van der Waals surface area (Å²) in [5.41, 5.74) is -0.104. The van der Waals surface area contributed by atoms with Crippen LogP contribution in [0.1, 0.15) is 27.0 Å². The number of nitrogens with zero attached hydrogens (tertiary/aromatic N) is 2. The smallest absolute Gasteiger partial charge is 0.459 e. The average Bonchev–Trinajstić information content (AvgIpc) is 3.06. The quantitative estimate of drug-likeness (QED) is 0.197. The van der Waals surface area contributed by atoms with Crippen molar-refractivity contribution in [2.24, 2.45) is 0 Å². The van der Waals surface area contributed by atoms with Crippen molar-refractivity contribution in [2.75, 3.05) is 12.3 Å². The molecule has 0 amide bonds. The van der Waals surface area contributed by atoms with Gasteiger partial charge < -0.3 is 24.8 Å². The number of aliphatic hydroxyl groups excluding tert-OH is 1. The van der Waals surface area contributed by atoms with E-state index in [1.807, 2.05) is 0 Å². The van der Waals surface area contributed by atoms with Gasteiger partial charge in [-0.2, -0.15) is 18.9 Å². The Morgan fingerprint density at radius 2 is 1.90 bits per heavy atom. The summed E-state index contributed by atoms with van der Waals surface area (Å²) in [4.78, 5) is 27.3. The summed E-state index contributed by atoms with van der Waals surface area (Å²) < 4.78 is 106. The minimum absolute atomic E-state index is 0.139. The first-order chi connectivity index (χ1) is 18.5. The molecule has 1 aliphatic rings. The van der Waals surface area contributed by atoms with Gasteiger partial charge in [-0.3, -0.25) is 13.9 Å². The van der Waals surface area contributed by atoms with Crippen LogP contribution >= 0.6 is 7.75 Å². The van der Waals surface area contributed by atoms with Crippen LogP contribution in [0, 0.1) is 5.82 Å². The maximum absolute atomic E-state index is 15.1. The molecule has 1 saturated heterocycles. The number of nitrogens with one attached hydrogen (secondary N) is 1. The van der Waals surface area contributed by atoms with Gasteiger partial charge in [-0.05, 0) is 32.9 Å². The van der Waals surface area contributed by atoms with Crippen molar-refractivity contribution in [1.82, 2.24) is 14.6 Å². The van der Waals surface area contributed by atoms with E-state index in [2.05, 4.69) is 10.1 Å². The SMILES string of the molecule is CC(C)OC(=O)[C@H](C)NP(=O)(OC[C@@]1(C(F)F)O[C@@H](n2cc(F)c(N)nc2=O)C(F)(F)[C@@H]1O)Oc1ccccc1. The van der Waals surface area contributed by atoms with Crippen LogP contribution in [0.5, 0.6) is 5.75 Å². The number of halogens is 5. The van der Waals surface area contributed by atoms with Crippen molar-refractivity contribution < 1.29 is 54.9 Å². The first-order valence-electron chi connectivity index (χ1n) is 11.6. The Bertz CT molecular complexity index is 1320. The number of rotatable bonds is 11. The van der Waals surface area contributed by atoms with Crippen molar-refractivity contribution in [3.8, 4) is 5.75 Å². The molecule has 1 aromatic heterocycles. The molecular formula is C22H26F5N4O8P. The van der Waals surface area contributed by atoms with E-state index in [1.165, 1.54) is 45.0 Å². The van der Waals surface area contributed by atoms with Gasteiger partial charge in [-0.25, -0.2) is 22.5 Å². The van der Waals surface area contributed by atoms with Crippen molar-refractivity contribution in [1.29, 1.82) is 0 Å². The molecule has 4 N–H and O–H groups in total. The van der Waals surface area contributed by atoms with Crippen LogP contribution in [-0.4, -0.2) is 63.4 Å². The fraction of sp³-hybridized carbons (Fsp3) is 0.500. The zero-order valence-corrected chi connectivity index (χ0v) is 22.1. The van der Waals surface area contributed by atoms with Gasteiger partial charge in [-0.1, -0.05) is 18.2 Å². The van der Waals surface area contributed by atoms with Crippen LogP contribution in [0.25, 0.3) is 0 Å². The third-order valence-corrected chi connectivity index (χ3v) is 7.15. The minimum Gasteiger partial charge on any atom is -0.462 e. The number of carbonyl (C=O) groups is 1. The van der Waals surface area contributed by atoms with Crippen LogP contribution in [0.4, 0.5) is 27.8 Å². The molecule has 2 heterocycles. The Morgan fingerprint density at radius 1 is 1.27 bits per heavy atom. The number of ether oxygens (including phenoxy) is 2. The average molecular weight is 600 g/mol. The Balaban J connectivity index is 1.97. The summed E-state index contributed by atoms with van der Waals surface area (Å²) in [5.74, 6) is -8.15. The lowest BCUT2D eigenvalue weighted by molar-refractivity contribution is -0.193. The number of benzene rings is 1. The highest BCUT2D eigenvalue weighted by molar-refractivity contribution is 7.52. The molecule has 18 heteroatoms. The number of aliphatic hydroxyl groups is 1. The van der Waals surface area contributed by atoms with E-state index in [9.17, 15) is 32.4 Å². The predicted octanol–water partition coefficient (Wildman–Crippen LogP) is 2.63. The maximum atomic E-state index is 15.1. The number of aromatic nitrogens is 2. The van der Waals surface area contributed by atoms with E-state index in [4.69, 9.17) is 24.3 Å². The number of nitrogens with two attached hydrogens (primary N) is 1. The highest BCUT2D eigenvalue weighted by Gasteiger charge is 2.71. The Kier molecular flexibility index (Phi) is 9.26. The van der Waals surface area contributed by atoms with Gasteiger partial charge in [0.2, 0.25) is 6.23 Å². The van der Waals surface area contributed by atoms with Crippen LogP contribution < -0.4 is 21.0 Å². The molecule has 3 rings (SSSR count). The van der Waals surface area contributed by atoms with Crippen molar-refractivity contribution >= 4 is 19.5 Å². The normalized spacial score (nSPS) is 24.6. The highest BCUT2D eigenvalue weighted by Crippen LogP contribution is 2.53. The van der Waals surface area contributed by atoms with Gasteiger partial charge in [0.05, 0.1) is 18.9 Å². The van der Waals surface area contributed by atoms with Gasteiger partial charge in [0.1, 0.15) is 11.8 Å². The number of hydrogen-bond acceptors (Lipinski definition) is 10. The molecule has 1 aliphatic heterocycles. The zero-order valence-electron chi connectivity index (χ0n) is 21.2. The van der Waals surface area contributed by atoms with Gasteiger partial charge in [0.25, 0.3) is 6.43 Å².